The van der Waals surface area contributed by atoms with Gasteiger partial charge in [0.1, 0.15) is 24.3 Å². The summed E-state index contributed by atoms with van der Waals surface area (Å²) in [6.45, 7) is -0.205. The normalized spacial score (nSPS) is 21.1. The van der Waals surface area contributed by atoms with Crippen molar-refractivity contribution in [2.24, 2.45) is 0 Å². The molecule has 1 N–H and O–H groups in total. The maximum Gasteiger partial charge on any atom is 0.350 e. The summed E-state index contributed by atoms with van der Waals surface area (Å²) < 4.78 is 10.8. The van der Waals surface area contributed by atoms with Crippen molar-refractivity contribution in [1.29, 1.82) is 0 Å². The van der Waals surface area contributed by atoms with Gasteiger partial charge in [-0.05, 0) is 17.7 Å². The van der Waals surface area contributed by atoms with Crippen molar-refractivity contribution in [3.8, 4) is 5.75 Å². The number of β-lactam (4-membered cyclic amide) rings is 1. The van der Waals surface area contributed by atoms with Gasteiger partial charge < -0.3 is 24.6 Å². The third-order valence-electron chi connectivity index (χ3n) is 5.50. The van der Waals surface area contributed by atoms with Gasteiger partial charge in [-0.15, -0.1) is 11.6 Å². The lowest BCUT2D eigenvalue weighted by Crippen LogP contribution is -2.71. The number of carbonyl (C=O) groups is 4. The fraction of sp³-hybridized carbons (Fsp3) is 0.304. The van der Waals surface area contributed by atoms with Crippen molar-refractivity contribution in [3.63, 3.8) is 0 Å². The van der Waals surface area contributed by atoms with E-state index in [9.17, 15) is 19.2 Å². The van der Waals surface area contributed by atoms with Gasteiger partial charge in [0.25, 0.3) is 5.91 Å². The molecule has 0 aromatic heterocycles. The summed E-state index contributed by atoms with van der Waals surface area (Å²) in [7, 11) is 0. The van der Waals surface area contributed by atoms with E-state index in [1.165, 1.54) is 9.80 Å². The van der Waals surface area contributed by atoms with E-state index in [0.29, 0.717) is 5.75 Å². The zero-order valence-corrected chi connectivity index (χ0v) is 18.3. The number of halogens is 1. The highest BCUT2D eigenvalue weighted by atomic mass is 35.5. The van der Waals surface area contributed by atoms with Crippen LogP contribution in [0, 0.1) is 0 Å². The molecule has 2 aliphatic heterocycles. The summed E-state index contributed by atoms with van der Waals surface area (Å²) in [6.07, 6.45) is -1.22. The number of benzene rings is 2. The summed E-state index contributed by atoms with van der Waals surface area (Å²) in [5.41, 5.74) is 0.772. The molecule has 0 saturated carbocycles. The van der Waals surface area contributed by atoms with Crippen LogP contribution in [0.4, 0.5) is 0 Å². The summed E-state index contributed by atoms with van der Waals surface area (Å²) in [5, 5.41) is 2.62. The number of alkyl halides is 1. The maximum atomic E-state index is 12.8. The third-order valence-corrected chi connectivity index (χ3v) is 5.73. The highest BCUT2D eigenvalue weighted by Crippen LogP contribution is 2.33. The molecule has 3 atom stereocenters. The fourth-order valence-corrected chi connectivity index (χ4v) is 4.07. The molecule has 2 unspecified atom stereocenters. The number of hydrogen-bond acceptors (Lipinski definition) is 6. The van der Waals surface area contributed by atoms with Crippen LogP contribution in [0.25, 0.3) is 0 Å². The standard InChI is InChI=1S/C23H22ClN3O6/c24-11-19(29)26-12-17-20(25-18(28)14-32-16-9-5-2-6-10-16)22(30)27(17)21(26)23(31)33-13-15-7-3-1-4-8-15/h1-10,17,20-21H,11-14H2,(H,25,28)/t17?,20-,21?/m0/s1. The zero-order chi connectivity index (χ0) is 23.4. The van der Waals surface area contributed by atoms with Gasteiger partial charge in [-0.1, -0.05) is 48.5 Å². The molecule has 4 rings (SSSR count). The number of para-hydroxylation sites is 1. The number of nitrogens with zero attached hydrogens (tertiary/aromatic N) is 2. The fourth-order valence-electron chi connectivity index (χ4n) is 3.91. The lowest BCUT2D eigenvalue weighted by Gasteiger charge is -2.43. The monoisotopic (exact) mass is 471 g/mol. The van der Waals surface area contributed by atoms with Gasteiger partial charge >= 0.3 is 5.97 Å². The minimum Gasteiger partial charge on any atom is -0.484 e. The minimum atomic E-state index is -1.22. The summed E-state index contributed by atoms with van der Waals surface area (Å²) in [4.78, 5) is 52.7. The molecule has 2 saturated heterocycles. The highest BCUT2D eigenvalue weighted by Gasteiger charge is 2.61. The second kappa shape index (κ2) is 9.91. The molecule has 9 nitrogen and oxygen atoms in total. The lowest BCUT2D eigenvalue weighted by atomic mass is 9.96. The number of hydrogen-bond donors (Lipinski definition) is 1. The second-order valence-corrected chi connectivity index (χ2v) is 7.87. The van der Waals surface area contributed by atoms with Crippen LogP contribution in [0.3, 0.4) is 0 Å². The Hall–Kier alpha value is -3.59. The first-order chi connectivity index (χ1) is 16.0. The smallest absolute Gasteiger partial charge is 0.350 e. The molecular weight excluding hydrogens is 450 g/mol. The van der Waals surface area contributed by atoms with Crippen molar-refractivity contribution in [3.05, 3.63) is 66.2 Å². The van der Waals surface area contributed by atoms with Crippen LogP contribution in [-0.2, 0) is 30.5 Å². The van der Waals surface area contributed by atoms with Gasteiger partial charge in [0.05, 0.1) is 6.04 Å². The molecule has 33 heavy (non-hydrogen) atoms. The van der Waals surface area contributed by atoms with Crippen LogP contribution >= 0.6 is 11.6 Å². The number of nitrogens with one attached hydrogen (secondary N) is 1. The minimum absolute atomic E-state index is 0.00274. The summed E-state index contributed by atoms with van der Waals surface area (Å²) in [6, 6.07) is 16.4. The molecule has 2 aliphatic rings. The average molecular weight is 472 g/mol. The first-order valence-corrected chi connectivity index (χ1v) is 10.9. The molecule has 2 heterocycles. The molecule has 0 spiro atoms. The van der Waals surface area contributed by atoms with Crippen LogP contribution in [0.5, 0.6) is 5.75 Å². The summed E-state index contributed by atoms with van der Waals surface area (Å²) in [5.74, 6) is -2.01. The number of rotatable bonds is 8. The van der Waals surface area contributed by atoms with E-state index >= 15 is 0 Å². The maximum absolute atomic E-state index is 12.8. The van der Waals surface area contributed by atoms with Crippen molar-refractivity contribution >= 4 is 35.3 Å². The van der Waals surface area contributed by atoms with E-state index in [-0.39, 0.29) is 25.6 Å². The Kier molecular flexibility index (Phi) is 6.79. The Morgan fingerprint density at radius 3 is 2.36 bits per heavy atom. The Bertz CT molecular complexity index is 1040. The Balaban J connectivity index is 1.39. The largest absolute Gasteiger partial charge is 0.484 e. The molecule has 0 bridgehead atoms. The second-order valence-electron chi connectivity index (χ2n) is 7.61. The van der Waals surface area contributed by atoms with Crippen molar-refractivity contribution in [2.45, 2.75) is 24.9 Å². The van der Waals surface area contributed by atoms with Crippen LogP contribution in [-0.4, -0.2) is 70.8 Å². The number of esters is 1. The Morgan fingerprint density at radius 1 is 1.03 bits per heavy atom. The van der Waals surface area contributed by atoms with Gasteiger partial charge in [-0.25, -0.2) is 4.79 Å². The van der Waals surface area contributed by atoms with Gasteiger partial charge in [0.2, 0.25) is 18.0 Å². The molecule has 2 aromatic carbocycles. The molecule has 0 aliphatic carbocycles. The van der Waals surface area contributed by atoms with Crippen LogP contribution in [0.2, 0.25) is 0 Å². The zero-order valence-electron chi connectivity index (χ0n) is 17.6. The summed E-state index contributed by atoms with van der Waals surface area (Å²) >= 11 is 5.71. The van der Waals surface area contributed by atoms with Gasteiger partial charge in [0.15, 0.2) is 6.61 Å². The van der Waals surface area contributed by atoms with Crippen LogP contribution in [0.15, 0.2) is 60.7 Å². The van der Waals surface area contributed by atoms with Gasteiger partial charge in [-0.2, -0.15) is 0 Å². The van der Waals surface area contributed by atoms with E-state index in [4.69, 9.17) is 21.1 Å². The van der Waals surface area contributed by atoms with Crippen LogP contribution in [0.1, 0.15) is 5.56 Å². The molecule has 2 aromatic rings. The molecule has 172 valence electrons. The predicted molar refractivity (Wildman–Crippen MR) is 117 cm³/mol. The van der Waals surface area contributed by atoms with E-state index in [1.807, 2.05) is 24.3 Å². The van der Waals surface area contributed by atoms with Crippen LogP contribution < -0.4 is 10.1 Å². The average Bonchev–Trinajstić information content (AvgIpc) is 3.22. The van der Waals surface area contributed by atoms with Gasteiger partial charge in [-0.3, -0.25) is 14.4 Å². The Labute approximate surface area is 195 Å². The molecule has 0 radical (unpaired) electrons. The SMILES string of the molecule is O=C(COc1ccccc1)N[C@@H]1C(=O)N2C1CN(C(=O)CCl)C2C(=O)OCc1ccccc1. The molecular formula is C23H22ClN3O6. The number of amides is 3. The lowest BCUT2D eigenvalue weighted by molar-refractivity contribution is -0.170. The van der Waals surface area contributed by atoms with Crippen molar-refractivity contribution < 1.29 is 28.7 Å². The van der Waals surface area contributed by atoms with Crippen molar-refractivity contribution in [1.82, 2.24) is 15.1 Å². The topological polar surface area (TPSA) is 105 Å². The highest BCUT2D eigenvalue weighted by molar-refractivity contribution is 6.27. The first kappa shape index (κ1) is 22.6. The predicted octanol–water partition coefficient (Wildman–Crippen LogP) is 0.912. The molecule has 2 fully saturated rings. The quantitative estimate of drug-likeness (QED) is 0.348. The Morgan fingerprint density at radius 2 is 1.70 bits per heavy atom. The van der Waals surface area contributed by atoms with E-state index < -0.39 is 41.9 Å². The van der Waals surface area contributed by atoms with E-state index in [2.05, 4.69) is 5.32 Å². The van der Waals surface area contributed by atoms with E-state index in [1.54, 1.807) is 36.4 Å². The number of ether oxygens (including phenoxy) is 2. The van der Waals surface area contributed by atoms with Crippen molar-refractivity contribution in [2.75, 3.05) is 19.0 Å². The number of carbonyl (C=O) groups excluding carboxylic acids is 4. The van der Waals surface area contributed by atoms with E-state index in [0.717, 1.165) is 5.56 Å². The first-order valence-electron chi connectivity index (χ1n) is 10.3. The molecule has 10 heteroatoms. The third kappa shape index (κ3) is 4.78. The number of fused-ring (bicyclic) bond motifs is 1. The van der Waals surface area contributed by atoms with Gasteiger partial charge in [0, 0.05) is 6.54 Å². The molecule has 3 amide bonds.